The van der Waals surface area contributed by atoms with E-state index in [-0.39, 0.29) is 5.91 Å². The van der Waals surface area contributed by atoms with E-state index in [1.54, 1.807) is 0 Å². The van der Waals surface area contributed by atoms with Crippen LogP contribution in [0, 0.1) is 0 Å². The summed E-state index contributed by atoms with van der Waals surface area (Å²) in [6.45, 7) is 8.56. The Bertz CT molecular complexity index is 932. The highest BCUT2D eigenvalue weighted by Crippen LogP contribution is 2.25. The van der Waals surface area contributed by atoms with Gasteiger partial charge in [-0.25, -0.2) is 9.97 Å². The molecule has 2 N–H and O–H groups in total. The Hall–Kier alpha value is -3.21. The topological polar surface area (TPSA) is 66.9 Å². The summed E-state index contributed by atoms with van der Waals surface area (Å²) in [6.07, 6.45) is 3.07. The smallest absolute Gasteiger partial charge is 0.258 e. The minimum Gasteiger partial charge on any atom is -0.324 e. The van der Waals surface area contributed by atoms with Crippen molar-refractivity contribution in [2.45, 2.75) is 39.5 Å². The van der Waals surface area contributed by atoms with E-state index in [0.29, 0.717) is 23.3 Å². The third kappa shape index (κ3) is 4.74. The molecule has 2 aromatic carbocycles. The molecule has 0 saturated heterocycles. The molecule has 0 unspecified atom stereocenters. The zero-order valence-electron chi connectivity index (χ0n) is 16.7. The van der Waals surface area contributed by atoms with Gasteiger partial charge in [0.2, 0.25) is 5.95 Å². The number of nitrogens with zero attached hydrogens (tertiary/aromatic N) is 2. The Labute approximate surface area is 166 Å². The molecule has 0 spiro atoms. The van der Waals surface area contributed by atoms with Gasteiger partial charge in [0, 0.05) is 23.8 Å². The van der Waals surface area contributed by atoms with Crippen LogP contribution in [0.25, 0.3) is 0 Å². The number of aromatic nitrogens is 2. The number of carbonyl (C=O) groups excluding carboxylic acids is 1. The fourth-order valence-electron chi connectivity index (χ4n) is 2.90. The maximum atomic E-state index is 12.4. The van der Waals surface area contributed by atoms with E-state index in [0.717, 1.165) is 11.4 Å². The lowest BCUT2D eigenvalue weighted by Crippen LogP contribution is -2.13. The third-order valence-electron chi connectivity index (χ3n) is 4.58. The van der Waals surface area contributed by atoms with Crippen LogP contribution in [0.1, 0.15) is 61.0 Å². The van der Waals surface area contributed by atoms with Crippen molar-refractivity contribution in [3.8, 4) is 0 Å². The van der Waals surface area contributed by atoms with Crippen LogP contribution in [0.2, 0.25) is 0 Å². The Balaban J connectivity index is 1.68. The van der Waals surface area contributed by atoms with Crippen molar-refractivity contribution in [3.63, 3.8) is 0 Å². The molecule has 1 aromatic heterocycles. The first-order valence-electron chi connectivity index (χ1n) is 9.53. The van der Waals surface area contributed by atoms with Crippen molar-refractivity contribution in [2.24, 2.45) is 0 Å². The molecule has 5 nitrogen and oxygen atoms in total. The summed E-state index contributed by atoms with van der Waals surface area (Å²) in [5.74, 6) is 1.08. The van der Waals surface area contributed by atoms with Crippen LogP contribution in [0.3, 0.4) is 0 Å². The molecule has 0 bridgehead atoms. The van der Waals surface area contributed by atoms with E-state index >= 15 is 0 Å². The number of para-hydroxylation sites is 1. The lowest BCUT2D eigenvalue weighted by atomic mass is 10.0. The Morgan fingerprint density at radius 1 is 0.857 bits per heavy atom. The van der Waals surface area contributed by atoms with E-state index in [4.69, 9.17) is 0 Å². The summed E-state index contributed by atoms with van der Waals surface area (Å²) in [7, 11) is 0. The third-order valence-corrected chi connectivity index (χ3v) is 4.58. The second-order valence-corrected chi connectivity index (χ2v) is 7.39. The largest absolute Gasteiger partial charge is 0.324 e. The van der Waals surface area contributed by atoms with Gasteiger partial charge in [-0.05, 0) is 41.2 Å². The molecule has 0 aliphatic carbocycles. The van der Waals surface area contributed by atoms with Crippen LogP contribution in [0.5, 0.6) is 0 Å². The van der Waals surface area contributed by atoms with Gasteiger partial charge in [0.1, 0.15) is 0 Å². The molecule has 0 atom stereocenters. The second-order valence-electron chi connectivity index (χ2n) is 7.39. The van der Waals surface area contributed by atoms with Gasteiger partial charge in [-0.1, -0.05) is 58.0 Å². The molecule has 0 saturated carbocycles. The number of hydrogen-bond acceptors (Lipinski definition) is 4. The van der Waals surface area contributed by atoms with Crippen molar-refractivity contribution in [3.05, 3.63) is 77.6 Å². The summed E-state index contributed by atoms with van der Waals surface area (Å²) in [5, 5.41) is 6.11. The van der Waals surface area contributed by atoms with Crippen LogP contribution >= 0.6 is 0 Å². The second kappa shape index (κ2) is 8.65. The minimum absolute atomic E-state index is 0.230. The van der Waals surface area contributed by atoms with Gasteiger partial charge >= 0.3 is 0 Å². The van der Waals surface area contributed by atoms with E-state index in [1.165, 1.54) is 23.5 Å². The van der Waals surface area contributed by atoms with E-state index in [2.05, 4.69) is 54.4 Å². The molecule has 0 aliphatic heterocycles. The number of carbonyl (C=O) groups is 1. The Morgan fingerprint density at radius 3 is 2.11 bits per heavy atom. The van der Waals surface area contributed by atoms with Crippen LogP contribution in [0.15, 0.2) is 60.9 Å². The number of anilines is 3. The van der Waals surface area contributed by atoms with Crippen LogP contribution in [0.4, 0.5) is 17.3 Å². The van der Waals surface area contributed by atoms with Crippen LogP contribution in [-0.2, 0) is 0 Å². The lowest BCUT2D eigenvalue weighted by molar-refractivity contribution is 0.102. The van der Waals surface area contributed by atoms with Crippen molar-refractivity contribution in [1.82, 2.24) is 9.97 Å². The summed E-state index contributed by atoms with van der Waals surface area (Å²) in [6, 6.07) is 15.9. The average molecular weight is 374 g/mol. The molecule has 5 heteroatoms. The van der Waals surface area contributed by atoms with Gasteiger partial charge in [-0.2, -0.15) is 0 Å². The van der Waals surface area contributed by atoms with E-state index in [9.17, 15) is 4.79 Å². The summed E-state index contributed by atoms with van der Waals surface area (Å²) < 4.78 is 0. The highest BCUT2D eigenvalue weighted by atomic mass is 16.1. The zero-order chi connectivity index (χ0) is 20.1. The first-order valence-corrected chi connectivity index (χ1v) is 9.53. The zero-order valence-corrected chi connectivity index (χ0v) is 16.7. The first-order chi connectivity index (χ1) is 13.4. The SMILES string of the molecule is CC(C)c1ccc(NC(=O)c2cnc(Nc3ccccc3C(C)C)nc2)cc1. The molecule has 3 aromatic rings. The van der Waals surface area contributed by atoms with Crippen molar-refractivity contribution in [1.29, 1.82) is 0 Å². The molecule has 0 fully saturated rings. The summed E-state index contributed by atoms with van der Waals surface area (Å²) >= 11 is 0. The van der Waals surface area contributed by atoms with Gasteiger partial charge in [0.25, 0.3) is 5.91 Å². The summed E-state index contributed by atoms with van der Waals surface area (Å²) in [5.41, 5.74) is 4.56. The molecular formula is C23H26N4O. The normalized spacial score (nSPS) is 10.9. The predicted molar refractivity (Wildman–Crippen MR) is 114 cm³/mol. The Morgan fingerprint density at radius 2 is 1.50 bits per heavy atom. The number of rotatable bonds is 6. The van der Waals surface area contributed by atoms with E-state index < -0.39 is 0 Å². The van der Waals surface area contributed by atoms with Gasteiger partial charge in [-0.3, -0.25) is 4.79 Å². The standard InChI is InChI=1S/C23H26N4O/c1-15(2)17-9-11-19(12-10-17)26-22(28)18-13-24-23(25-14-18)27-21-8-6-5-7-20(21)16(3)4/h5-16H,1-4H3,(H,26,28)(H,24,25,27). The maximum Gasteiger partial charge on any atom is 0.258 e. The number of hydrogen-bond donors (Lipinski definition) is 2. The first kappa shape index (κ1) is 19.5. The van der Waals surface area contributed by atoms with Crippen molar-refractivity contribution < 1.29 is 4.79 Å². The van der Waals surface area contributed by atoms with Crippen molar-refractivity contribution >= 4 is 23.2 Å². The fraction of sp³-hybridized carbons (Fsp3) is 0.261. The summed E-state index contributed by atoms with van der Waals surface area (Å²) in [4.78, 5) is 21.0. The van der Waals surface area contributed by atoms with Crippen LogP contribution < -0.4 is 10.6 Å². The molecule has 1 heterocycles. The van der Waals surface area contributed by atoms with Gasteiger partial charge in [0.05, 0.1) is 5.56 Å². The predicted octanol–water partition coefficient (Wildman–Crippen LogP) is 5.72. The van der Waals surface area contributed by atoms with Gasteiger partial charge < -0.3 is 10.6 Å². The van der Waals surface area contributed by atoms with Crippen molar-refractivity contribution in [2.75, 3.05) is 10.6 Å². The maximum absolute atomic E-state index is 12.4. The molecule has 144 valence electrons. The minimum atomic E-state index is -0.230. The quantitative estimate of drug-likeness (QED) is 0.579. The molecule has 28 heavy (non-hydrogen) atoms. The molecule has 0 radical (unpaired) electrons. The fourth-order valence-corrected chi connectivity index (χ4v) is 2.90. The number of nitrogens with one attached hydrogen (secondary N) is 2. The van der Waals surface area contributed by atoms with Gasteiger partial charge in [-0.15, -0.1) is 0 Å². The highest BCUT2D eigenvalue weighted by Gasteiger charge is 2.10. The molecule has 1 amide bonds. The average Bonchev–Trinajstić information content (AvgIpc) is 2.69. The van der Waals surface area contributed by atoms with Gasteiger partial charge in [0.15, 0.2) is 0 Å². The molecule has 3 rings (SSSR count). The number of amides is 1. The monoisotopic (exact) mass is 374 g/mol. The highest BCUT2D eigenvalue weighted by molar-refractivity contribution is 6.03. The lowest BCUT2D eigenvalue weighted by Gasteiger charge is -2.13. The van der Waals surface area contributed by atoms with E-state index in [1.807, 2.05) is 42.5 Å². The number of benzene rings is 2. The van der Waals surface area contributed by atoms with Crippen LogP contribution in [-0.4, -0.2) is 15.9 Å². The Kier molecular flexibility index (Phi) is 6.04. The molecular weight excluding hydrogens is 348 g/mol. The molecule has 0 aliphatic rings.